The van der Waals surface area contributed by atoms with Gasteiger partial charge in [0.1, 0.15) is 11.7 Å². The van der Waals surface area contributed by atoms with Gasteiger partial charge in [-0.05, 0) is 162 Å². The molecular formula is C44H63N9. The van der Waals surface area contributed by atoms with Crippen molar-refractivity contribution in [3.63, 3.8) is 0 Å². The Morgan fingerprint density at radius 2 is 1.28 bits per heavy atom. The molecule has 9 nitrogen and oxygen atoms in total. The zero-order valence-corrected chi connectivity index (χ0v) is 32.1. The van der Waals surface area contributed by atoms with E-state index in [2.05, 4.69) is 73.8 Å². The first-order valence-corrected chi connectivity index (χ1v) is 19.7. The van der Waals surface area contributed by atoms with Crippen LogP contribution in [0.3, 0.4) is 0 Å². The Morgan fingerprint density at radius 3 is 1.81 bits per heavy atom. The van der Waals surface area contributed by atoms with Gasteiger partial charge in [0.25, 0.3) is 0 Å². The van der Waals surface area contributed by atoms with Crippen LogP contribution in [0.4, 0.5) is 11.4 Å². The molecule has 0 saturated carbocycles. The average Bonchev–Trinajstić information content (AvgIpc) is 3.18. The van der Waals surface area contributed by atoms with Gasteiger partial charge in [-0.15, -0.1) is 0 Å². The maximum atomic E-state index is 6.17. The van der Waals surface area contributed by atoms with Crippen LogP contribution in [0, 0.1) is 25.7 Å². The highest BCUT2D eigenvalue weighted by Gasteiger charge is 2.20. The van der Waals surface area contributed by atoms with E-state index in [0.717, 1.165) is 84.5 Å². The number of aliphatic imine (C=N–C) groups is 2. The Bertz CT molecular complexity index is 1690. The first kappa shape index (κ1) is 39.8. The predicted molar refractivity (Wildman–Crippen MR) is 225 cm³/mol. The number of rotatable bonds is 13. The minimum atomic E-state index is 0.614. The maximum Gasteiger partial charge on any atom is 0.125 e. The van der Waals surface area contributed by atoms with Crippen molar-refractivity contribution >= 4 is 23.0 Å². The van der Waals surface area contributed by atoms with E-state index in [1.54, 1.807) is 0 Å². The molecule has 0 atom stereocenters. The molecular weight excluding hydrogens is 655 g/mol. The van der Waals surface area contributed by atoms with E-state index in [4.69, 9.17) is 23.0 Å². The number of nitrogens with one attached hydrogen (secondary N) is 1. The topological polar surface area (TPSA) is 147 Å². The van der Waals surface area contributed by atoms with E-state index in [1.165, 1.54) is 75.8 Å². The predicted octanol–water partition coefficient (Wildman–Crippen LogP) is 6.95. The van der Waals surface area contributed by atoms with Crippen LogP contribution in [0.1, 0.15) is 79.2 Å². The second kappa shape index (κ2) is 20.7. The van der Waals surface area contributed by atoms with Gasteiger partial charge in [0.05, 0.1) is 5.69 Å². The molecule has 0 spiro atoms. The van der Waals surface area contributed by atoms with E-state index < -0.39 is 0 Å². The highest BCUT2D eigenvalue weighted by Crippen LogP contribution is 2.24. The van der Waals surface area contributed by atoms with E-state index in [-0.39, 0.29) is 0 Å². The normalized spacial score (nSPS) is 18.0. The quantitative estimate of drug-likeness (QED) is 0.0423. The monoisotopic (exact) mass is 718 g/mol. The van der Waals surface area contributed by atoms with Crippen molar-refractivity contribution in [2.45, 2.75) is 71.8 Å². The first-order chi connectivity index (χ1) is 25.8. The molecule has 0 unspecified atom stereocenters. The van der Waals surface area contributed by atoms with Crippen LogP contribution >= 0.6 is 0 Å². The standard InChI is InChI=1S/C22H31N5.C22H32N4/c1-17-15-20(7-8-21(17)26-24)22(23)25-12-9-18-10-13-27(14-11-18)16-19-5-3-2-4-6-19;1-17-15-20(7-8-21(17)23)22(24)25-12-9-18-10-13-26(14-11-18)16-19-5-3-2-4-6-19/h2-8,15,18,26H,9-14,16,24H2,1H3,(H2,23,25);3,5-8,15,18H,2,4,9-14,16,23H2,1H3,(H2,24,25). The Balaban J connectivity index is 0.000000204. The highest BCUT2D eigenvalue weighted by molar-refractivity contribution is 5.98. The third kappa shape index (κ3) is 12.9. The SMILES string of the molecule is Cc1cc(C(N)=NCCC2CCN(CC3=CCCC=C3)CC2)ccc1N.Cc1cc(C(N)=NCCC2CCN(Cc3ccccc3)CC2)ccc1NN. The lowest BCUT2D eigenvalue weighted by atomic mass is 9.93. The number of nitrogen functional groups attached to an aromatic ring is 2. The lowest BCUT2D eigenvalue weighted by Gasteiger charge is -2.32. The molecule has 284 valence electrons. The molecule has 0 bridgehead atoms. The smallest absolute Gasteiger partial charge is 0.125 e. The summed E-state index contributed by atoms with van der Waals surface area (Å²) in [5, 5.41) is 0. The summed E-state index contributed by atoms with van der Waals surface area (Å²) in [6.45, 7) is 12.5. The van der Waals surface area contributed by atoms with E-state index in [1.807, 2.05) is 50.2 Å². The van der Waals surface area contributed by atoms with E-state index >= 15 is 0 Å². The van der Waals surface area contributed by atoms with Crippen LogP contribution in [-0.4, -0.2) is 67.3 Å². The Morgan fingerprint density at radius 1 is 0.717 bits per heavy atom. The fourth-order valence-corrected chi connectivity index (χ4v) is 7.49. The number of amidine groups is 2. The van der Waals surface area contributed by atoms with Crippen LogP contribution < -0.4 is 28.5 Å². The minimum Gasteiger partial charge on any atom is -0.399 e. The number of nitrogens with two attached hydrogens (primary N) is 4. The van der Waals surface area contributed by atoms with Gasteiger partial charge in [0.15, 0.2) is 0 Å². The lowest BCUT2D eigenvalue weighted by Crippen LogP contribution is -2.35. The summed E-state index contributed by atoms with van der Waals surface area (Å²) in [5.41, 5.74) is 29.5. The van der Waals surface area contributed by atoms with Gasteiger partial charge < -0.3 is 22.6 Å². The van der Waals surface area contributed by atoms with Crippen molar-refractivity contribution in [1.82, 2.24) is 9.80 Å². The summed E-state index contributed by atoms with van der Waals surface area (Å²) in [6, 6.07) is 22.5. The largest absolute Gasteiger partial charge is 0.399 e. The fraction of sp³-hybridized carbons (Fsp3) is 0.455. The molecule has 3 aromatic carbocycles. The third-order valence-electron chi connectivity index (χ3n) is 11.0. The van der Waals surface area contributed by atoms with Gasteiger partial charge >= 0.3 is 0 Å². The molecule has 1 aliphatic carbocycles. The number of hydrogen-bond acceptors (Lipinski definition) is 7. The molecule has 2 fully saturated rings. The van der Waals surface area contributed by atoms with Crippen molar-refractivity contribution in [3.05, 3.63) is 118 Å². The molecule has 2 aliphatic heterocycles. The van der Waals surface area contributed by atoms with Crippen LogP contribution in [0.5, 0.6) is 0 Å². The molecule has 9 N–H and O–H groups in total. The second-order valence-corrected chi connectivity index (χ2v) is 15.0. The first-order valence-electron chi connectivity index (χ1n) is 19.7. The summed E-state index contributed by atoms with van der Waals surface area (Å²) in [6.07, 6.45) is 16.7. The maximum absolute atomic E-state index is 6.17. The van der Waals surface area contributed by atoms with Crippen molar-refractivity contribution in [2.75, 3.05) is 57.0 Å². The number of anilines is 2. The number of nitrogens with zero attached hydrogens (tertiary/aromatic N) is 4. The minimum absolute atomic E-state index is 0.614. The molecule has 2 saturated heterocycles. The van der Waals surface area contributed by atoms with Crippen molar-refractivity contribution in [3.8, 4) is 0 Å². The number of likely N-dealkylation sites (tertiary alicyclic amines) is 2. The molecule has 6 rings (SSSR count). The molecule has 9 heteroatoms. The number of aryl methyl sites for hydroxylation is 2. The molecule has 0 aromatic heterocycles. The van der Waals surface area contributed by atoms with Crippen LogP contribution in [0.25, 0.3) is 0 Å². The van der Waals surface area contributed by atoms with Crippen LogP contribution in [0.15, 0.2) is 101 Å². The summed E-state index contributed by atoms with van der Waals surface area (Å²) >= 11 is 0. The number of hydrazine groups is 1. The Kier molecular flexibility index (Phi) is 15.5. The van der Waals surface area contributed by atoms with Crippen molar-refractivity contribution in [1.29, 1.82) is 0 Å². The van der Waals surface area contributed by atoms with Gasteiger partial charge in [-0.2, -0.15) is 0 Å². The molecule has 0 amide bonds. The molecule has 3 aromatic rings. The second-order valence-electron chi connectivity index (χ2n) is 15.0. The van der Waals surface area contributed by atoms with Gasteiger partial charge in [0.2, 0.25) is 0 Å². The number of piperidine rings is 2. The Hall–Kier alpha value is -4.44. The highest BCUT2D eigenvalue weighted by atomic mass is 15.2. The van der Waals surface area contributed by atoms with Crippen molar-refractivity contribution in [2.24, 2.45) is 39.1 Å². The number of benzene rings is 3. The van der Waals surface area contributed by atoms with Crippen molar-refractivity contribution < 1.29 is 0 Å². The zero-order valence-electron chi connectivity index (χ0n) is 32.1. The van der Waals surface area contributed by atoms with E-state index in [0.29, 0.717) is 11.7 Å². The van der Waals surface area contributed by atoms with Gasteiger partial charge in [0, 0.05) is 43.0 Å². The van der Waals surface area contributed by atoms with Crippen LogP contribution in [-0.2, 0) is 6.54 Å². The zero-order chi connectivity index (χ0) is 37.4. The average molecular weight is 718 g/mol. The lowest BCUT2D eigenvalue weighted by molar-refractivity contribution is 0.173. The third-order valence-corrected chi connectivity index (χ3v) is 11.0. The number of allylic oxidation sites excluding steroid dienone is 2. The molecule has 53 heavy (non-hydrogen) atoms. The number of hydrogen-bond donors (Lipinski definition) is 5. The Labute approximate surface area is 318 Å². The summed E-state index contributed by atoms with van der Waals surface area (Å²) in [7, 11) is 0. The summed E-state index contributed by atoms with van der Waals surface area (Å²) < 4.78 is 0. The molecule has 0 radical (unpaired) electrons. The fourth-order valence-electron chi connectivity index (χ4n) is 7.49. The van der Waals surface area contributed by atoms with Crippen LogP contribution in [0.2, 0.25) is 0 Å². The molecule has 3 aliphatic rings. The summed E-state index contributed by atoms with van der Waals surface area (Å²) in [5.74, 6) is 8.24. The van der Waals surface area contributed by atoms with E-state index in [9.17, 15) is 0 Å². The van der Waals surface area contributed by atoms with Gasteiger partial charge in [-0.25, -0.2) is 0 Å². The van der Waals surface area contributed by atoms with Gasteiger partial charge in [-0.1, -0.05) is 48.6 Å². The molecule has 2 heterocycles. The summed E-state index contributed by atoms with van der Waals surface area (Å²) in [4.78, 5) is 14.3. The van der Waals surface area contributed by atoms with Gasteiger partial charge in [-0.3, -0.25) is 25.6 Å².